The van der Waals surface area contributed by atoms with E-state index < -0.39 is 119 Å². The number of aliphatic hydroxyl groups excluding tert-OH is 2. The van der Waals surface area contributed by atoms with E-state index in [0.717, 1.165) is 0 Å². The van der Waals surface area contributed by atoms with Gasteiger partial charge in [0.1, 0.15) is 43.2 Å². The summed E-state index contributed by atoms with van der Waals surface area (Å²) in [4.78, 5) is 60.1. The lowest BCUT2D eigenvalue weighted by Crippen LogP contribution is -2.74. The predicted octanol–water partition coefficient (Wildman–Crippen LogP) is -4.76. The monoisotopic (exact) mass is 990 g/mol. The molecular weight excluding hydrogens is 933 g/mol. The van der Waals surface area contributed by atoms with Crippen LogP contribution in [0.2, 0.25) is 0 Å². The normalized spacial score (nSPS) is 42.1. The molecule has 0 aromatic carbocycles. The van der Waals surface area contributed by atoms with Gasteiger partial charge in [0.05, 0.1) is 50.5 Å². The Balaban J connectivity index is 1.09. The summed E-state index contributed by atoms with van der Waals surface area (Å²) in [5.74, 6) is -0.855. The van der Waals surface area contributed by atoms with Gasteiger partial charge in [-0.1, -0.05) is 6.92 Å². The van der Waals surface area contributed by atoms with Gasteiger partial charge in [-0.3, -0.25) is 31.3 Å². The number of carbonyl (C=O) groups is 2. The van der Waals surface area contributed by atoms with Crippen LogP contribution in [0.5, 0.6) is 0 Å². The second kappa shape index (κ2) is 21.3. The molecule has 6 aliphatic heterocycles. The highest BCUT2D eigenvalue weighted by atomic mass is 32.5. The van der Waals surface area contributed by atoms with Gasteiger partial charge in [-0.15, -0.1) is 0 Å². The van der Waals surface area contributed by atoms with Gasteiger partial charge in [0.2, 0.25) is 11.8 Å². The summed E-state index contributed by atoms with van der Waals surface area (Å²) >= 11 is 15.8. The number of nitrogens with one attached hydrogen (secondary N) is 5. The van der Waals surface area contributed by atoms with Crippen molar-refractivity contribution in [2.24, 2.45) is 23.1 Å². The summed E-state index contributed by atoms with van der Waals surface area (Å²) in [7, 11) is 1.18. The summed E-state index contributed by atoms with van der Waals surface area (Å²) in [5, 5.41) is 34.9. The fourth-order valence-corrected chi connectivity index (χ4v) is 11.2. The minimum Gasteiger partial charge on any atom is -0.365 e. The van der Waals surface area contributed by atoms with Crippen LogP contribution in [0.1, 0.15) is 39.0 Å². The number of aliphatic hydroxyl groups is 2. The molecule has 6 rings (SSSR count). The molecule has 0 aromatic heterocycles. The van der Waals surface area contributed by atoms with Crippen LogP contribution in [-0.4, -0.2) is 173 Å². The first-order valence-electron chi connectivity index (χ1n) is 19.4. The van der Waals surface area contributed by atoms with E-state index in [1.54, 1.807) is 9.80 Å². The minimum atomic E-state index is -4.18. The van der Waals surface area contributed by atoms with Gasteiger partial charge < -0.3 is 88.3 Å². The second-order valence-electron chi connectivity index (χ2n) is 15.3. The molecule has 0 aliphatic carbocycles. The lowest BCUT2D eigenvalue weighted by Gasteiger charge is -2.39. The summed E-state index contributed by atoms with van der Waals surface area (Å²) in [5.41, 5.74) is 17.9. The van der Waals surface area contributed by atoms with E-state index >= 15 is 0 Å². The Bertz CT molecular complexity index is 1700. The molecule has 18 atom stereocenters. The Morgan fingerprint density at radius 3 is 2.00 bits per heavy atom. The minimum absolute atomic E-state index is 0.0130. The third kappa shape index (κ3) is 13.8. The predicted molar refractivity (Wildman–Crippen MR) is 221 cm³/mol. The third-order valence-electron chi connectivity index (χ3n) is 10.9. The number of hydrogen-bond donors (Lipinski definition) is 13. The lowest BCUT2D eigenvalue weighted by atomic mass is 10.0. The standard InChI is InChI=1S/C29H57N10O16P3S3/c1-13-7-22(39-6-4-20(40)34-29(39)43)52-16(13)10-49-57(45,60)55-15-9-23(38-5-3-19(30)33-28(38)42)53-18(15)12-50-58(46,61)54-14-8-21(51-17(14)11-48-56(44,59)47-2)35-25-24(31)26(41)37-27(32)36-25/h13-19,21-25,27-29,33,35-36,42-43H,3-12,30-32H2,1-2H3,(H,34,40)(H,37,41)(H,44,59)(H,45,60)(H,46,61)/t13-,14-,15-,16-,17-,18-,19?,21-,22-,23-,24?,25?,27?,28?,29?,56?,57?,58?/m1/s1. The molecule has 352 valence electrons. The zero-order chi connectivity index (χ0) is 44.4. The van der Waals surface area contributed by atoms with Crippen molar-refractivity contribution in [2.75, 3.05) is 40.0 Å². The van der Waals surface area contributed by atoms with Crippen molar-refractivity contribution < 1.29 is 75.8 Å². The molecule has 0 radical (unpaired) electrons. The van der Waals surface area contributed by atoms with Crippen LogP contribution < -0.4 is 43.8 Å². The molecule has 6 fully saturated rings. The maximum absolute atomic E-state index is 12.3. The quantitative estimate of drug-likeness (QED) is 0.0574. The van der Waals surface area contributed by atoms with Crippen molar-refractivity contribution in [2.45, 2.75) is 126 Å². The summed E-state index contributed by atoms with van der Waals surface area (Å²) in [6.07, 6.45) is -10.1. The molecule has 0 aromatic rings. The molecule has 61 heavy (non-hydrogen) atoms. The fraction of sp³-hybridized carbons (Fsp3) is 0.931. The number of carbonyl (C=O) groups excluding carboxylic acids is 2. The van der Waals surface area contributed by atoms with Crippen molar-refractivity contribution in [1.29, 1.82) is 0 Å². The number of nitrogens with zero attached hydrogens (tertiary/aromatic N) is 2. The Hall–Kier alpha value is 0.01000. The van der Waals surface area contributed by atoms with Crippen LogP contribution in [0, 0.1) is 5.92 Å². The van der Waals surface area contributed by atoms with E-state index in [4.69, 9.17) is 94.0 Å². The molecule has 6 heterocycles. The second-order valence-corrected chi connectivity index (χ2v) is 23.8. The third-order valence-corrected chi connectivity index (χ3v) is 15.8. The highest BCUT2D eigenvalue weighted by molar-refractivity contribution is 8.07. The first-order chi connectivity index (χ1) is 28.6. The van der Waals surface area contributed by atoms with E-state index in [-0.39, 0.29) is 44.3 Å². The van der Waals surface area contributed by atoms with E-state index in [1.165, 1.54) is 7.11 Å². The first kappa shape index (κ1) is 50.4. The maximum atomic E-state index is 12.3. The summed E-state index contributed by atoms with van der Waals surface area (Å²) in [6, 6.07) is -1.05. The summed E-state index contributed by atoms with van der Waals surface area (Å²) in [6.45, 7) is -10.3. The van der Waals surface area contributed by atoms with E-state index in [9.17, 15) is 34.5 Å². The van der Waals surface area contributed by atoms with Crippen LogP contribution in [-0.2, 0) is 86.4 Å². The highest BCUT2D eigenvalue weighted by Gasteiger charge is 2.48. The van der Waals surface area contributed by atoms with Gasteiger partial charge in [-0.05, 0) is 54.2 Å². The molecular formula is C29H57N10O16P3S3. The van der Waals surface area contributed by atoms with Gasteiger partial charge in [-0.2, -0.15) is 0 Å². The topological polar surface area (TPSA) is 363 Å². The Morgan fingerprint density at radius 2 is 1.36 bits per heavy atom. The largest absolute Gasteiger partial charge is 0.365 e. The molecule has 6 saturated heterocycles. The van der Waals surface area contributed by atoms with Crippen LogP contribution in [0.15, 0.2) is 0 Å². The van der Waals surface area contributed by atoms with Crippen LogP contribution in [0.25, 0.3) is 0 Å². The Kier molecular flexibility index (Phi) is 17.6. The van der Waals surface area contributed by atoms with Crippen molar-refractivity contribution >= 4 is 67.4 Å². The van der Waals surface area contributed by atoms with Gasteiger partial charge in [0.15, 0.2) is 12.7 Å². The number of rotatable bonds is 18. The van der Waals surface area contributed by atoms with Gasteiger partial charge in [-0.25, -0.2) is 9.80 Å². The number of hydrogen-bond acceptors (Lipinski definition) is 24. The van der Waals surface area contributed by atoms with Crippen LogP contribution >= 0.6 is 20.2 Å². The van der Waals surface area contributed by atoms with Crippen molar-refractivity contribution in [3.05, 3.63) is 0 Å². The average molecular weight is 991 g/mol. The molecule has 16 N–H and O–H groups in total. The molecule has 0 bridgehead atoms. The Labute approximate surface area is 367 Å². The highest BCUT2D eigenvalue weighted by Crippen LogP contribution is 2.52. The smallest absolute Gasteiger partial charge is 0.324 e. The molecule has 2 amide bonds. The first-order valence-corrected chi connectivity index (χ1v) is 27.2. The van der Waals surface area contributed by atoms with Crippen LogP contribution in [0.3, 0.4) is 0 Å². The molecule has 0 spiro atoms. The van der Waals surface area contributed by atoms with E-state index in [0.29, 0.717) is 25.9 Å². The van der Waals surface area contributed by atoms with Gasteiger partial charge >= 0.3 is 20.2 Å². The molecule has 0 saturated carbocycles. The number of nitrogens with two attached hydrogens (primary N) is 3. The molecule has 9 unspecified atom stereocenters. The van der Waals surface area contributed by atoms with Gasteiger partial charge in [0.25, 0.3) is 0 Å². The molecule has 6 aliphatic rings. The zero-order valence-corrected chi connectivity index (χ0v) is 38.3. The van der Waals surface area contributed by atoms with E-state index in [1.807, 2.05) is 6.92 Å². The molecule has 32 heteroatoms. The molecule has 26 nitrogen and oxygen atoms in total. The number of amides is 2. The SMILES string of the molecule is COP(O)(=S)OC[C@H]1O[C@@H](NC2NC(N)NC(=O)C2N)C[C@H]1OP(O)(=S)OC[C@H]1O[C@@H](N2CCC(N)NC2O)C[C@H]1OP(O)(=S)OC[C@H]1O[C@@H](N2CCC(=O)NC2O)C[C@H]1C. The number of ether oxygens (including phenoxy) is 3. The fourth-order valence-electron chi connectivity index (χ4n) is 7.61. The maximum Gasteiger partial charge on any atom is 0.324 e. The zero-order valence-electron chi connectivity index (χ0n) is 33.2. The van der Waals surface area contributed by atoms with Crippen molar-refractivity contribution in [3.63, 3.8) is 0 Å². The summed E-state index contributed by atoms with van der Waals surface area (Å²) < 4.78 is 52.2. The van der Waals surface area contributed by atoms with Crippen molar-refractivity contribution in [3.8, 4) is 0 Å². The van der Waals surface area contributed by atoms with Crippen LogP contribution in [0.4, 0.5) is 0 Å². The Morgan fingerprint density at radius 1 is 0.787 bits per heavy atom. The van der Waals surface area contributed by atoms with Crippen molar-refractivity contribution in [1.82, 2.24) is 36.4 Å². The van der Waals surface area contributed by atoms with Gasteiger partial charge in [0, 0.05) is 39.5 Å². The van der Waals surface area contributed by atoms with E-state index in [2.05, 4.69) is 26.6 Å². The lowest BCUT2D eigenvalue weighted by molar-refractivity contribution is -0.165. The average Bonchev–Trinajstić information content (AvgIpc) is 3.86.